The number of amides is 1. The van der Waals surface area contributed by atoms with Crippen LogP contribution in [0.2, 0.25) is 0 Å². The molecular formula is C22H25N5O2. The van der Waals surface area contributed by atoms with E-state index >= 15 is 0 Å². The van der Waals surface area contributed by atoms with Crippen molar-refractivity contribution in [1.29, 1.82) is 5.41 Å². The third-order valence-corrected chi connectivity index (χ3v) is 6.42. The molecule has 1 fully saturated rings. The lowest BCUT2D eigenvalue weighted by Crippen LogP contribution is -2.49. The summed E-state index contributed by atoms with van der Waals surface area (Å²) in [5, 5.41) is 21.5. The first-order valence-electron chi connectivity index (χ1n) is 10.1. The van der Waals surface area contributed by atoms with Crippen molar-refractivity contribution in [1.82, 2.24) is 19.4 Å². The molecule has 1 aliphatic carbocycles. The Morgan fingerprint density at radius 3 is 2.76 bits per heavy atom. The summed E-state index contributed by atoms with van der Waals surface area (Å²) >= 11 is 0. The smallest absolute Gasteiger partial charge is 0.219 e. The fourth-order valence-electron chi connectivity index (χ4n) is 4.91. The largest absolute Gasteiger partial charge is 0.494 e. The van der Waals surface area contributed by atoms with Gasteiger partial charge < -0.3 is 29.9 Å². The number of aromatic amines is 1. The number of piperidine rings is 1. The molecule has 7 heteroatoms. The van der Waals surface area contributed by atoms with Crippen LogP contribution >= 0.6 is 0 Å². The van der Waals surface area contributed by atoms with Gasteiger partial charge in [0.15, 0.2) is 5.88 Å². The number of aromatic hydroxyl groups is 1. The molecule has 0 radical (unpaired) electrons. The van der Waals surface area contributed by atoms with Gasteiger partial charge in [-0.3, -0.25) is 4.79 Å². The number of hydrogen-bond donors (Lipinski definition) is 3. The molecular weight excluding hydrogens is 366 g/mol. The fourth-order valence-corrected chi connectivity index (χ4v) is 4.91. The maximum Gasteiger partial charge on any atom is 0.219 e. The molecule has 3 N–H and O–H groups in total. The first-order chi connectivity index (χ1) is 14.0. The molecule has 0 spiro atoms. The molecule has 0 saturated carbocycles. The van der Waals surface area contributed by atoms with Gasteiger partial charge in [0.1, 0.15) is 0 Å². The Morgan fingerprint density at radius 1 is 1.28 bits per heavy atom. The van der Waals surface area contributed by atoms with E-state index in [4.69, 9.17) is 5.41 Å². The fraction of sp³-hybridized carbons (Fsp3) is 0.364. The zero-order valence-corrected chi connectivity index (χ0v) is 16.7. The number of hydrogen-bond acceptors (Lipinski definition) is 4. The second-order valence-electron chi connectivity index (χ2n) is 8.05. The topological polar surface area (TPSA) is 88.3 Å². The molecule has 0 unspecified atom stereocenters. The highest BCUT2D eigenvalue weighted by molar-refractivity contribution is 5.85. The highest BCUT2D eigenvalue weighted by Gasteiger charge is 2.30. The summed E-state index contributed by atoms with van der Waals surface area (Å²) in [4.78, 5) is 19.1. The molecule has 2 aliphatic heterocycles. The van der Waals surface area contributed by atoms with Crippen LogP contribution in [0.4, 0.5) is 0 Å². The lowest BCUT2D eigenvalue weighted by atomic mass is 10.00. The lowest BCUT2D eigenvalue weighted by Gasteiger charge is -2.40. The van der Waals surface area contributed by atoms with Gasteiger partial charge in [-0.15, -0.1) is 0 Å². The quantitative estimate of drug-likeness (QED) is 0.659. The van der Waals surface area contributed by atoms with Crippen molar-refractivity contribution in [2.24, 2.45) is 7.05 Å². The summed E-state index contributed by atoms with van der Waals surface area (Å²) < 4.78 is 1.97. The van der Waals surface area contributed by atoms with Crippen LogP contribution in [0, 0.1) is 5.41 Å². The minimum absolute atomic E-state index is 0.140. The molecule has 0 atom stereocenters. The van der Waals surface area contributed by atoms with Gasteiger partial charge in [0.2, 0.25) is 5.91 Å². The predicted octanol–water partition coefficient (Wildman–Crippen LogP) is 0.447. The number of rotatable bonds is 1. The van der Waals surface area contributed by atoms with Gasteiger partial charge in [-0.05, 0) is 37.1 Å². The number of H-pyrrole nitrogens is 1. The lowest BCUT2D eigenvalue weighted by molar-refractivity contribution is -0.130. The van der Waals surface area contributed by atoms with Gasteiger partial charge in [-0.2, -0.15) is 0 Å². The third kappa shape index (κ3) is 2.64. The van der Waals surface area contributed by atoms with Gasteiger partial charge in [0.05, 0.1) is 16.6 Å². The molecule has 1 saturated heterocycles. The second kappa shape index (κ2) is 6.40. The molecule has 4 heterocycles. The summed E-state index contributed by atoms with van der Waals surface area (Å²) in [6, 6.07) is 2.12. The van der Waals surface area contributed by atoms with E-state index in [0.717, 1.165) is 65.6 Å². The van der Waals surface area contributed by atoms with Crippen LogP contribution in [0.1, 0.15) is 25.3 Å². The van der Waals surface area contributed by atoms with E-state index in [1.54, 1.807) is 13.0 Å². The number of aryl methyl sites for hydroxylation is 1. The molecule has 2 aromatic heterocycles. The van der Waals surface area contributed by atoms with Gasteiger partial charge in [0, 0.05) is 67.7 Å². The normalized spacial score (nSPS) is 18.2. The Hall–Kier alpha value is -3.22. The zero-order valence-electron chi connectivity index (χ0n) is 16.7. The van der Waals surface area contributed by atoms with E-state index in [0.29, 0.717) is 11.4 Å². The Kier molecular flexibility index (Phi) is 3.94. The van der Waals surface area contributed by atoms with Crippen molar-refractivity contribution in [3.63, 3.8) is 0 Å². The van der Waals surface area contributed by atoms with Gasteiger partial charge in [0.25, 0.3) is 0 Å². The van der Waals surface area contributed by atoms with Crippen LogP contribution in [0.3, 0.4) is 0 Å². The van der Waals surface area contributed by atoms with E-state index in [1.165, 1.54) is 0 Å². The monoisotopic (exact) mass is 391 g/mol. The number of likely N-dealkylation sites (tertiary alicyclic amines) is 1. The Labute approximate surface area is 168 Å². The van der Waals surface area contributed by atoms with Crippen molar-refractivity contribution in [3.8, 4) is 17.1 Å². The van der Waals surface area contributed by atoms with Crippen LogP contribution in [0.15, 0.2) is 18.3 Å². The summed E-state index contributed by atoms with van der Waals surface area (Å²) in [6.07, 6.45) is 9.93. The maximum atomic E-state index is 11.7. The standard InChI is InChI=1S/C22H25N5O2/c1-13(28)26-10-5-14(6-11-26)27-12-8-17-19-18(27)4-3-15-16(23)7-9-25(2)21(15)20(19)22(29)24-17/h3-4,7-9,14,23-24,29H,5-6,10-12H2,1-2H3. The highest BCUT2D eigenvalue weighted by Crippen LogP contribution is 2.31. The first kappa shape index (κ1) is 17.8. The average molecular weight is 391 g/mol. The average Bonchev–Trinajstić information content (AvgIpc) is 2.92. The van der Waals surface area contributed by atoms with Crippen molar-refractivity contribution in [2.45, 2.75) is 25.8 Å². The number of nitrogens with one attached hydrogen (secondary N) is 2. The number of fused-ring (bicyclic) bond motifs is 2. The Bertz CT molecular complexity index is 1230. The third-order valence-electron chi connectivity index (χ3n) is 6.42. The molecule has 29 heavy (non-hydrogen) atoms. The molecule has 150 valence electrons. The summed E-state index contributed by atoms with van der Waals surface area (Å²) in [7, 11) is 1.94. The van der Waals surface area contributed by atoms with Crippen LogP contribution in [0.5, 0.6) is 5.88 Å². The number of nitrogens with zero attached hydrogens (tertiary/aromatic N) is 3. The molecule has 5 rings (SSSR count). The molecule has 0 aromatic carbocycles. The van der Waals surface area contributed by atoms with Crippen LogP contribution in [-0.2, 0) is 11.8 Å². The zero-order chi connectivity index (χ0) is 20.3. The number of carbonyl (C=O) groups is 1. The number of carbonyl (C=O) groups excluding carboxylic acids is 1. The first-order valence-corrected chi connectivity index (χ1v) is 10.1. The van der Waals surface area contributed by atoms with Crippen molar-refractivity contribution in [2.75, 3.05) is 19.6 Å². The molecule has 0 bridgehead atoms. The number of aromatic nitrogens is 2. The van der Waals surface area contributed by atoms with Gasteiger partial charge in [-0.1, -0.05) is 0 Å². The van der Waals surface area contributed by atoms with Crippen molar-refractivity contribution in [3.05, 3.63) is 39.8 Å². The molecule has 3 aliphatic rings. The Balaban J connectivity index is 1.67. The molecule has 2 aromatic rings. The summed E-state index contributed by atoms with van der Waals surface area (Å²) in [6.45, 7) is 3.94. The van der Waals surface area contributed by atoms with E-state index < -0.39 is 0 Å². The van der Waals surface area contributed by atoms with Crippen molar-refractivity contribution >= 4 is 23.8 Å². The molecule has 1 amide bonds. The SMILES string of the molecule is CC(=O)N1CCC(N2CC=c3[nH]c(O)c4c3=C2C=Cc2c-4n(C)ccc2=N)CC1. The Morgan fingerprint density at radius 2 is 2.03 bits per heavy atom. The van der Waals surface area contributed by atoms with Crippen LogP contribution < -0.4 is 15.9 Å². The minimum Gasteiger partial charge on any atom is -0.494 e. The second-order valence-corrected chi connectivity index (χ2v) is 8.05. The van der Waals surface area contributed by atoms with E-state index in [1.807, 2.05) is 28.8 Å². The minimum atomic E-state index is 0.140. The molecule has 7 nitrogen and oxygen atoms in total. The van der Waals surface area contributed by atoms with E-state index in [2.05, 4.69) is 22.0 Å². The highest BCUT2D eigenvalue weighted by atomic mass is 16.3. The summed E-state index contributed by atoms with van der Waals surface area (Å²) in [5.74, 6) is 0.282. The van der Waals surface area contributed by atoms with Crippen LogP contribution in [-0.4, -0.2) is 56.0 Å². The van der Waals surface area contributed by atoms with E-state index in [-0.39, 0.29) is 11.8 Å². The van der Waals surface area contributed by atoms with Gasteiger partial charge in [-0.25, -0.2) is 0 Å². The van der Waals surface area contributed by atoms with Gasteiger partial charge >= 0.3 is 0 Å². The van der Waals surface area contributed by atoms with Crippen molar-refractivity contribution < 1.29 is 9.90 Å². The summed E-state index contributed by atoms with van der Waals surface area (Å²) in [5.41, 5.74) is 3.49. The van der Waals surface area contributed by atoms with E-state index in [9.17, 15) is 9.90 Å². The number of pyridine rings is 1. The predicted molar refractivity (Wildman–Crippen MR) is 111 cm³/mol. The maximum absolute atomic E-state index is 11.7. The van der Waals surface area contributed by atoms with Crippen LogP contribution in [0.25, 0.3) is 29.1 Å².